The van der Waals surface area contributed by atoms with Gasteiger partial charge in [0, 0.05) is 5.69 Å². The number of rotatable bonds is 5. The van der Waals surface area contributed by atoms with Crippen molar-refractivity contribution in [2.24, 2.45) is 0 Å². The molecule has 3 rings (SSSR count). The molecule has 0 aromatic heterocycles. The number of carbonyl (C=O) groups excluding carboxylic acids is 2. The Balaban J connectivity index is 1.63. The average molecular weight is 413 g/mol. The molecular weight excluding hydrogens is 395 g/mol. The summed E-state index contributed by atoms with van der Waals surface area (Å²) in [6.07, 6.45) is -4.46. The van der Waals surface area contributed by atoms with Crippen LogP contribution < -0.4 is 5.32 Å². The molecule has 3 aromatic carbocycles. The Bertz CT molecular complexity index is 1040. The fourth-order valence-electron chi connectivity index (χ4n) is 2.79. The van der Waals surface area contributed by atoms with Crippen molar-refractivity contribution in [2.45, 2.75) is 13.1 Å². The molecule has 0 aliphatic carbocycles. The van der Waals surface area contributed by atoms with Crippen molar-refractivity contribution in [1.82, 2.24) is 0 Å². The summed E-state index contributed by atoms with van der Waals surface area (Å²) in [7, 11) is 0. The number of amides is 1. The van der Waals surface area contributed by atoms with Crippen molar-refractivity contribution in [3.63, 3.8) is 0 Å². The maximum atomic E-state index is 12.6. The number of anilines is 1. The zero-order valence-corrected chi connectivity index (χ0v) is 16.0. The molecular formula is C23H18F3NO3. The molecule has 0 saturated heterocycles. The first-order valence-electron chi connectivity index (χ1n) is 9.04. The summed E-state index contributed by atoms with van der Waals surface area (Å²) >= 11 is 0. The number of hydrogen-bond acceptors (Lipinski definition) is 3. The summed E-state index contributed by atoms with van der Waals surface area (Å²) in [5.74, 6) is -1.33. The van der Waals surface area contributed by atoms with Gasteiger partial charge in [0.05, 0.1) is 11.1 Å². The number of carbonyl (C=O) groups is 2. The van der Waals surface area contributed by atoms with E-state index in [2.05, 4.69) is 5.32 Å². The highest BCUT2D eigenvalue weighted by Gasteiger charge is 2.30. The summed E-state index contributed by atoms with van der Waals surface area (Å²) in [4.78, 5) is 24.5. The second kappa shape index (κ2) is 8.82. The van der Waals surface area contributed by atoms with E-state index in [9.17, 15) is 22.8 Å². The monoisotopic (exact) mass is 413 g/mol. The first-order valence-corrected chi connectivity index (χ1v) is 9.04. The van der Waals surface area contributed by atoms with Crippen molar-refractivity contribution in [3.8, 4) is 11.1 Å². The van der Waals surface area contributed by atoms with Gasteiger partial charge in [0.1, 0.15) is 0 Å². The largest absolute Gasteiger partial charge is 0.452 e. The SMILES string of the molecule is Cc1ccc(-c2ccccc2C(=O)OCC(=O)Nc2ccc(C(F)(F)F)cc2)cc1. The van der Waals surface area contributed by atoms with E-state index in [-0.39, 0.29) is 5.69 Å². The number of benzene rings is 3. The Hall–Kier alpha value is -3.61. The molecule has 1 N–H and O–H groups in total. The smallest absolute Gasteiger partial charge is 0.416 e. The summed E-state index contributed by atoms with van der Waals surface area (Å²) < 4.78 is 42.8. The number of esters is 1. The molecule has 0 heterocycles. The maximum absolute atomic E-state index is 12.6. The van der Waals surface area contributed by atoms with Gasteiger partial charge in [-0.05, 0) is 48.4 Å². The van der Waals surface area contributed by atoms with Crippen LogP contribution >= 0.6 is 0 Å². The van der Waals surface area contributed by atoms with E-state index in [4.69, 9.17) is 4.74 Å². The molecule has 0 atom stereocenters. The summed E-state index contributed by atoms with van der Waals surface area (Å²) in [5, 5.41) is 2.40. The Morgan fingerprint density at radius 3 is 2.17 bits per heavy atom. The number of halogens is 3. The number of ether oxygens (including phenoxy) is 1. The van der Waals surface area contributed by atoms with Crippen LogP contribution in [-0.4, -0.2) is 18.5 Å². The molecule has 0 spiro atoms. The van der Waals surface area contributed by atoms with Gasteiger partial charge in [-0.3, -0.25) is 4.79 Å². The predicted molar refractivity (Wildman–Crippen MR) is 107 cm³/mol. The quantitative estimate of drug-likeness (QED) is 0.564. The molecule has 0 aliphatic heterocycles. The van der Waals surface area contributed by atoms with Crippen LogP contribution in [-0.2, 0) is 15.7 Å². The zero-order chi connectivity index (χ0) is 21.7. The van der Waals surface area contributed by atoms with Crippen molar-refractivity contribution in [1.29, 1.82) is 0 Å². The maximum Gasteiger partial charge on any atom is 0.416 e. The van der Waals surface area contributed by atoms with Crippen LogP contribution in [0.3, 0.4) is 0 Å². The minimum absolute atomic E-state index is 0.170. The van der Waals surface area contributed by atoms with Crippen LogP contribution in [0.15, 0.2) is 72.8 Å². The highest BCUT2D eigenvalue weighted by atomic mass is 19.4. The van der Waals surface area contributed by atoms with Gasteiger partial charge in [0.2, 0.25) is 0 Å². The molecule has 0 saturated carbocycles. The van der Waals surface area contributed by atoms with Crippen LogP contribution in [0.25, 0.3) is 11.1 Å². The van der Waals surface area contributed by atoms with Crippen LogP contribution in [0.4, 0.5) is 18.9 Å². The van der Waals surface area contributed by atoms with Gasteiger partial charge in [-0.1, -0.05) is 48.0 Å². The molecule has 3 aromatic rings. The number of alkyl halides is 3. The van der Waals surface area contributed by atoms with Crippen molar-refractivity contribution in [3.05, 3.63) is 89.5 Å². The highest BCUT2D eigenvalue weighted by Crippen LogP contribution is 2.30. The molecule has 0 unspecified atom stereocenters. The van der Waals surface area contributed by atoms with E-state index in [0.29, 0.717) is 11.1 Å². The zero-order valence-electron chi connectivity index (χ0n) is 16.0. The number of aryl methyl sites for hydroxylation is 1. The van der Waals surface area contributed by atoms with E-state index in [1.165, 1.54) is 0 Å². The number of hydrogen-bond donors (Lipinski definition) is 1. The molecule has 154 valence electrons. The summed E-state index contributed by atoms with van der Waals surface area (Å²) in [5.41, 5.74) is 2.25. The van der Waals surface area contributed by atoms with Gasteiger partial charge in [0.15, 0.2) is 6.61 Å². The third-order valence-electron chi connectivity index (χ3n) is 4.34. The highest BCUT2D eigenvalue weighted by molar-refractivity contribution is 5.99. The topological polar surface area (TPSA) is 55.4 Å². The summed E-state index contributed by atoms with van der Waals surface area (Å²) in [6, 6.07) is 18.5. The lowest BCUT2D eigenvalue weighted by atomic mass is 9.99. The van der Waals surface area contributed by atoms with E-state index in [1.54, 1.807) is 24.3 Å². The van der Waals surface area contributed by atoms with Crippen LogP contribution in [0.1, 0.15) is 21.5 Å². The third kappa shape index (κ3) is 5.26. The molecule has 0 bridgehead atoms. The Kier molecular flexibility index (Phi) is 6.20. The lowest BCUT2D eigenvalue weighted by molar-refractivity contribution is -0.137. The van der Waals surface area contributed by atoms with Gasteiger partial charge in [-0.15, -0.1) is 0 Å². The van der Waals surface area contributed by atoms with Gasteiger partial charge in [0.25, 0.3) is 5.91 Å². The van der Waals surface area contributed by atoms with Crippen molar-refractivity contribution in [2.75, 3.05) is 11.9 Å². The van der Waals surface area contributed by atoms with Crippen molar-refractivity contribution < 1.29 is 27.5 Å². The number of nitrogens with one attached hydrogen (secondary N) is 1. The molecule has 0 fully saturated rings. The Morgan fingerprint density at radius 2 is 1.53 bits per heavy atom. The van der Waals surface area contributed by atoms with Crippen molar-refractivity contribution >= 4 is 17.6 Å². The molecule has 0 aliphatic rings. The lowest BCUT2D eigenvalue weighted by Gasteiger charge is -2.11. The third-order valence-corrected chi connectivity index (χ3v) is 4.34. The van der Waals surface area contributed by atoms with Crippen LogP contribution in [0, 0.1) is 6.92 Å². The van der Waals surface area contributed by atoms with E-state index in [1.807, 2.05) is 31.2 Å². The average Bonchev–Trinajstić information content (AvgIpc) is 2.72. The second-order valence-electron chi connectivity index (χ2n) is 6.61. The van der Waals surface area contributed by atoms with Gasteiger partial charge in [-0.2, -0.15) is 13.2 Å². The van der Waals surface area contributed by atoms with Gasteiger partial charge in [-0.25, -0.2) is 4.79 Å². The normalized spacial score (nSPS) is 11.1. The lowest BCUT2D eigenvalue weighted by Crippen LogP contribution is -2.21. The molecule has 30 heavy (non-hydrogen) atoms. The van der Waals surface area contributed by atoms with Crippen LogP contribution in [0.2, 0.25) is 0 Å². The molecule has 4 nitrogen and oxygen atoms in total. The fourth-order valence-corrected chi connectivity index (χ4v) is 2.79. The van der Waals surface area contributed by atoms with Gasteiger partial charge < -0.3 is 10.1 Å². The minimum Gasteiger partial charge on any atom is -0.452 e. The molecule has 0 radical (unpaired) electrons. The van der Waals surface area contributed by atoms with Gasteiger partial charge >= 0.3 is 12.1 Å². The second-order valence-corrected chi connectivity index (χ2v) is 6.61. The Labute approximate surface area is 171 Å². The van der Waals surface area contributed by atoms with Crippen LogP contribution in [0.5, 0.6) is 0 Å². The minimum atomic E-state index is -4.46. The van der Waals surface area contributed by atoms with E-state index >= 15 is 0 Å². The fraction of sp³-hybridized carbons (Fsp3) is 0.130. The van der Waals surface area contributed by atoms with E-state index < -0.39 is 30.2 Å². The molecule has 1 amide bonds. The first kappa shape index (κ1) is 21.1. The molecule has 7 heteroatoms. The summed E-state index contributed by atoms with van der Waals surface area (Å²) in [6.45, 7) is 1.39. The first-order chi connectivity index (χ1) is 14.2. The standard InChI is InChI=1S/C23H18F3NO3/c1-15-6-8-16(9-7-15)19-4-2-3-5-20(19)22(29)30-14-21(28)27-18-12-10-17(11-13-18)23(24,25)26/h2-13H,14H2,1H3,(H,27,28). The Morgan fingerprint density at radius 1 is 0.900 bits per heavy atom. The predicted octanol–water partition coefficient (Wildman–Crippen LogP) is 5.48. The van der Waals surface area contributed by atoms with E-state index in [0.717, 1.165) is 35.4 Å².